The number of halogens is 1. The lowest BCUT2D eigenvalue weighted by Gasteiger charge is -2.20. The summed E-state index contributed by atoms with van der Waals surface area (Å²) in [5, 5.41) is 6.74. The van der Waals surface area contributed by atoms with Gasteiger partial charge in [0.1, 0.15) is 0 Å². The van der Waals surface area contributed by atoms with Gasteiger partial charge in [-0.15, -0.1) is 0 Å². The smallest absolute Gasteiger partial charge is 0.315 e. The molecule has 1 aliphatic carbocycles. The summed E-state index contributed by atoms with van der Waals surface area (Å²) in [6.45, 7) is 0.565. The molecule has 2 aromatic carbocycles. The molecule has 3 rings (SSSR count). The Bertz CT molecular complexity index is 773. The fourth-order valence-electron chi connectivity index (χ4n) is 2.98. The molecule has 0 bridgehead atoms. The highest BCUT2D eigenvalue weighted by Crippen LogP contribution is 2.47. The van der Waals surface area contributed by atoms with Crippen LogP contribution in [0.2, 0.25) is 5.02 Å². The highest BCUT2D eigenvalue weighted by Gasteiger charge is 2.46. The number of benzene rings is 2. The summed E-state index contributed by atoms with van der Waals surface area (Å²) >= 11 is 5.88. The summed E-state index contributed by atoms with van der Waals surface area (Å²) in [5.41, 5.74) is 1.85. The van der Waals surface area contributed by atoms with E-state index in [4.69, 9.17) is 21.1 Å². The van der Waals surface area contributed by atoms with Gasteiger partial charge in [-0.2, -0.15) is 0 Å². The lowest BCUT2D eigenvalue weighted by molar-refractivity contribution is 0.236. The van der Waals surface area contributed by atoms with Crippen LogP contribution in [-0.2, 0) is 12.0 Å². The molecule has 0 saturated heterocycles. The number of urea groups is 1. The summed E-state index contributed by atoms with van der Waals surface area (Å²) in [6, 6.07) is 13.3. The first-order chi connectivity index (χ1) is 12.6. The van der Waals surface area contributed by atoms with E-state index in [-0.39, 0.29) is 11.6 Å². The van der Waals surface area contributed by atoms with Crippen molar-refractivity contribution in [2.75, 3.05) is 20.8 Å². The van der Waals surface area contributed by atoms with Crippen LogP contribution in [0.4, 0.5) is 4.79 Å². The molecule has 0 radical (unpaired) electrons. The van der Waals surface area contributed by atoms with Crippen molar-refractivity contribution in [3.8, 4) is 11.5 Å². The maximum Gasteiger partial charge on any atom is 0.315 e. The minimum Gasteiger partial charge on any atom is -0.493 e. The molecule has 6 heteroatoms. The number of rotatable bonds is 7. The molecule has 0 spiro atoms. The maximum atomic E-state index is 12.3. The highest BCUT2D eigenvalue weighted by atomic mass is 35.5. The number of methoxy groups -OCH3 is 2. The van der Waals surface area contributed by atoms with E-state index < -0.39 is 0 Å². The van der Waals surface area contributed by atoms with Crippen molar-refractivity contribution in [3.63, 3.8) is 0 Å². The topological polar surface area (TPSA) is 59.6 Å². The Morgan fingerprint density at radius 3 is 2.38 bits per heavy atom. The van der Waals surface area contributed by atoms with Crippen molar-refractivity contribution in [1.82, 2.24) is 10.6 Å². The molecule has 26 heavy (non-hydrogen) atoms. The molecule has 0 aliphatic heterocycles. The summed E-state index contributed by atoms with van der Waals surface area (Å²) in [4.78, 5) is 12.3. The first-order valence-corrected chi connectivity index (χ1v) is 8.97. The van der Waals surface area contributed by atoms with Crippen molar-refractivity contribution in [1.29, 1.82) is 0 Å². The van der Waals surface area contributed by atoms with Gasteiger partial charge in [0.15, 0.2) is 11.5 Å². The second kappa shape index (κ2) is 7.87. The van der Waals surface area contributed by atoms with E-state index in [1.807, 2.05) is 42.5 Å². The zero-order valence-corrected chi connectivity index (χ0v) is 15.7. The van der Waals surface area contributed by atoms with E-state index in [1.165, 1.54) is 0 Å². The summed E-state index contributed by atoms with van der Waals surface area (Å²) in [5.74, 6) is 1.35. The number of carbonyl (C=O) groups excluding carboxylic acids is 1. The van der Waals surface area contributed by atoms with Crippen LogP contribution >= 0.6 is 11.6 Å². The second-order valence-corrected chi connectivity index (χ2v) is 6.85. The Hall–Kier alpha value is -2.40. The molecule has 0 unspecified atom stereocenters. The van der Waals surface area contributed by atoms with Crippen LogP contribution in [0.15, 0.2) is 42.5 Å². The number of nitrogens with one attached hydrogen (secondary N) is 2. The van der Waals surface area contributed by atoms with Crippen molar-refractivity contribution in [3.05, 3.63) is 58.6 Å². The molecule has 2 aromatic rings. The van der Waals surface area contributed by atoms with Crippen molar-refractivity contribution < 1.29 is 14.3 Å². The van der Waals surface area contributed by atoms with Gasteiger partial charge in [0.2, 0.25) is 0 Å². The second-order valence-electron chi connectivity index (χ2n) is 6.41. The third kappa shape index (κ3) is 4.22. The number of amides is 2. The zero-order chi connectivity index (χ0) is 18.6. The van der Waals surface area contributed by atoms with E-state index >= 15 is 0 Å². The van der Waals surface area contributed by atoms with Gasteiger partial charge in [-0.25, -0.2) is 4.79 Å². The van der Waals surface area contributed by atoms with E-state index in [0.29, 0.717) is 23.1 Å². The van der Waals surface area contributed by atoms with Gasteiger partial charge in [0.05, 0.1) is 19.8 Å². The molecule has 1 aliphatic rings. The van der Waals surface area contributed by atoms with Crippen LogP contribution in [0.25, 0.3) is 0 Å². The van der Waals surface area contributed by atoms with Gasteiger partial charge in [-0.3, -0.25) is 0 Å². The Kier molecular flexibility index (Phi) is 5.57. The Morgan fingerprint density at radius 2 is 1.77 bits per heavy atom. The molecule has 0 atom stereocenters. The lowest BCUT2D eigenvalue weighted by Crippen LogP contribution is -2.42. The zero-order valence-electron chi connectivity index (χ0n) is 15.0. The van der Waals surface area contributed by atoms with Crippen LogP contribution < -0.4 is 20.1 Å². The molecular weight excluding hydrogens is 352 g/mol. The van der Waals surface area contributed by atoms with E-state index in [0.717, 1.165) is 30.4 Å². The first-order valence-electron chi connectivity index (χ1n) is 8.59. The first kappa shape index (κ1) is 18.4. The normalized spacial score (nSPS) is 14.4. The number of hydrogen-bond acceptors (Lipinski definition) is 3. The van der Waals surface area contributed by atoms with Gasteiger partial charge >= 0.3 is 6.03 Å². The predicted molar refractivity (Wildman–Crippen MR) is 102 cm³/mol. The maximum absolute atomic E-state index is 12.3. The molecular formula is C20H23ClN2O3. The van der Waals surface area contributed by atoms with Crippen LogP contribution in [0.1, 0.15) is 24.0 Å². The SMILES string of the molecule is COc1ccc(C2(NC(=O)NCCc3ccc(Cl)cc3)CC2)cc1OC. The minimum atomic E-state index is -0.316. The van der Waals surface area contributed by atoms with Crippen LogP contribution in [0, 0.1) is 0 Å². The van der Waals surface area contributed by atoms with Crippen molar-refractivity contribution >= 4 is 17.6 Å². The summed E-state index contributed by atoms with van der Waals surface area (Å²) in [6.07, 6.45) is 2.58. The molecule has 138 valence electrons. The largest absolute Gasteiger partial charge is 0.493 e. The Morgan fingerprint density at radius 1 is 1.08 bits per heavy atom. The predicted octanol–water partition coefficient (Wildman–Crippen LogP) is 3.89. The van der Waals surface area contributed by atoms with Gasteiger partial charge in [-0.05, 0) is 54.7 Å². The fraction of sp³-hybridized carbons (Fsp3) is 0.350. The third-order valence-electron chi connectivity index (χ3n) is 4.65. The highest BCUT2D eigenvalue weighted by molar-refractivity contribution is 6.30. The average molecular weight is 375 g/mol. The van der Waals surface area contributed by atoms with Gasteiger partial charge in [-0.1, -0.05) is 29.8 Å². The molecule has 2 amide bonds. The number of hydrogen-bond donors (Lipinski definition) is 2. The van der Waals surface area contributed by atoms with Gasteiger partial charge in [0.25, 0.3) is 0 Å². The van der Waals surface area contributed by atoms with E-state index in [1.54, 1.807) is 14.2 Å². The fourth-order valence-corrected chi connectivity index (χ4v) is 3.10. The van der Waals surface area contributed by atoms with Crippen LogP contribution in [-0.4, -0.2) is 26.8 Å². The third-order valence-corrected chi connectivity index (χ3v) is 4.90. The molecule has 5 nitrogen and oxygen atoms in total. The van der Waals surface area contributed by atoms with Gasteiger partial charge < -0.3 is 20.1 Å². The monoisotopic (exact) mass is 374 g/mol. The van der Waals surface area contributed by atoms with Gasteiger partial charge in [0, 0.05) is 11.6 Å². The van der Waals surface area contributed by atoms with E-state index in [2.05, 4.69) is 10.6 Å². The minimum absolute atomic E-state index is 0.161. The quantitative estimate of drug-likeness (QED) is 0.773. The molecule has 0 heterocycles. The van der Waals surface area contributed by atoms with Crippen LogP contribution in [0.5, 0.6) is 11.5 Å². The number of ether oxygens (including phenoxy) is 2. The molecule has 1 fully saturated rings. The lowest BCUT2D eigenvalue weighted by atomic mass is 10.0. The molecule has 0 aromatic heterocycles. The van der Waals surface area contributed by atoms with Crippen molar-refractivity contribution in [2.45, 2.75) is 24.8 Å². The molecule has 1 saturated carbocycles. The van der Waals surface area contributed by atoms with Crippen molar-refractivity contribution in [2.24, 2.45) is 0 Å². The number of carbonyl (C=O) groups is 1. The summed E-state index contributed by atoms with van der Waals surface area (Å²) in [7, 11) is 3.22. The average Bonchev–Trinajstić information content (AvgIpc) is 3.43. The van der Waals surface area contributed by atoms with E-state index in [9.17, 15) is 4.79 Å². The summed E-state index contributed by atoms with van der Waals surface area (Å²) < 4.78 is 10.6. The van der Waals surface area contributed by atoms with Crippen LogP contribution in [0.3, 0.4) is 0 Å². The standard InChI is InChI=1S/C20H23ClN2O3/c1-25-17-8-5-15(13-18(17)26-2)20(10-11-20)23-19(24)22-12-9-14-3-6-16(21)7-4-14/h3-8,13H,9-12H2,1-2H3,(H2,22,23,24). The Labute approximate surface area is 158 Å². The molecule has 2 N–H and O–H groups in total. The Balaban J connectivity index is 1.56.